The van der Waals surface area contributed by atoms with Crippen LogP contribution < -0.4 is 10.5 Å². The number of pyridine rings is 1. The van der Waals surface area contributed by atoms with Crippen LogP contribution in [-0.2, 0) is 0 Å². The summed E-state index contributed by atoms with van der Waals surface area (Å²) in [7, 11) is 0. The van der Waals surface area contributed by atoms with E-state index >= 15 is 0 Å². The molecule has 4 heteroatoms. The number of nitrogens with zero attached hydrogens (tertiary/aromatic N) is 1. The molecule has 0 atom stereocenters. The Morgan fingerprint density at radius 1 is 1.30 bits per heavy atom. The van der Waals surface area contributed by atoms with Crippen molar-refractivity contribution in [1.29, 1.82) is 0 Å². The summed E-state index contributed by atoms with van der Waals surface area (Å²) in [5.41, 5.74) is 9.09. The molecular weight excluding hydrogens is 255 g/mol. The van der Waals surface area contributed by atoms with Gasteiger partial charge in [0.1, 0.15) is 5.82 Å². The lowest BCUT2D eigenvalue weighted by molar-refractivity contribution is 0.327. The molecule has 1 aromatic heterocycles. The van der Waals surface area contributed by atoms with Gasteiger partial charge in [0, 0.05) is 23.5 Å². The van der Waals surface area contributed by atoms with Crippen molar-refractivity contribution in [2.75, 3.05) is 12.3 Å². The summed E-state index contributed by atoms with van der Waals surface area (Å²) in [5.74, 6) is 0.394. The molecule has 2 aromatic rings. The molecule has 0 saturated heterocycles. The maximum atomic E-state index is 13.8. The summed E-state index contributed by atoms with van der Waals surface area (Å²) in [6.07, 6.45) is 1.64. The standard InChI is InChI=1S/C16H19FN2O/c1-4-20-15-7-11(5-6-19-15)14-9-12(17)8-13(10(2)3)16(14)18/h5-10H,4,18H2,1-3H3. The van der Waals surface area contributed by atoms with Crippen molar-refractivity contribution >= 4 is 5.69 Å². The maximum absolute atomic E-state index is 13.8. The first kappa shape index (κ1) is 14.3. The third-order valence-corrected chi connectivity index (χ3v) is 3.14. The van der Waals surface area contributed by atoms with Crippen LogP contribution in [0.15, 0.2) is 30.5 Å². The molecule has 1 aromatic carbocycles. The predicted octanol–water partition coefficient (Wildman–Crippen LogP) is 3.99. The summed E-state index contributed by atoms with van der Waals surface area (Å²) >= 11 is 0. The van der Waals surface area contributed by atoms with Crippen LogP contribution in [0.4, 0.5) is 10.1 Å². The van der Waals surface area contributed by atoms with Crippen LogP contribution in [-0.4, -0.2) is 11.6 Å². The Labute approximate surface area is 118 Å². The summed E-state index contributed by atoms with van der Waals surface area (Å²) in [5, 5.41) is 0. The van der Waals surface area contributed by atoms with Gasteiger partial charge >= 0.3 is 0 Å². The minimum absolute atomic E-state index is 0.164. The zero-order valence-corrected chi connectivity index (χ0v) is 12.0. The molecule has 1 heterocycles. The Morgan fingerprint density at radius 2 is 2.05 bits per heavy atom. The second kappa shape index (κ2) is 5.90. The number of hydrogen-bond donors (Lipinski definition) is 1. The molecule has 0 bridgehead atoms. The number of benzene rings is 1. The van der Waals surface area contributed by atoms with Gasteiger partial charge in [-0.3, -0.25) is 0 Å². The number of halogens is 1. The fourth-order valence-electron chi connectivity index (χ4n) is 2.16. The van der Waals surface area contributed by atoms with Gasteiger partial charge in [-0.2, -0.15) is 0 Å². The molecule has 0 aliphatic carbocycles. The van der Waals surface area contributed by atoms with Crippen LogP contribution in [0.5, 0.6) is 5.88 Å². The molecule has 3 nitrogen and oxygen atoms in total. The van der Waals surface area contributed by atoms with Gasteiger partial charge in [0.05, 0.1) is 6.61 Å². The number of aromatic nitrogens is 1. The highest BCUT2D eigenvalue weighted by Crippen LogP contribution is 2.34. The van der Waals surface area contributed by atoms with Gasteiger partial charge in [-0.05, 0) is 42.2 Å². The van der Waals surface area contributed by atoms with E-state index in [1.54, 1.807) is 18.3 Å². The fourth-order valence-corrected chi connectivity index (χ4v) is 2.16. The minimum Gasteiger partial charge on any atom is -0.478 e. The van der Waals surface area contributed by atoms with Crippen molar-refractivity contribution in [1.82, 2.24) is 4.98 Å². The molecule has 0 radical (unpaired) electrons. The smallest absolute Gasteiger partial charge is 0.213 e. The van der Waals surface area contributed by atoms with E-state index in [4.69, 9.17) is 10.5 Å². The summed E-state index contributed by atoms with van der Waals surface area (Å²) in [4.78, 5) is 4.11. The van der Waals surface area contributed by atoms with Crippen LogP contribution in [0.25, 0.3) is 11.1 Å². The second-order valence-electron chi connectivity index (χ2n) is 4.93. The largest absolute Gasteiger partial charge is 0.478 e. The Hall–Kier alpha value is -2.10. The fraction of sp³-hybridized carbons (Fsp3) is 0.312. The lowest BCUT2D eigenvalue weighted by Crippen LogP contribution is -2.01. The lowest BCUT2D eigenvalue weighted by Gasteiger charge is -2.15. The van der Waals surface area contributed by atoms with Gasteiger partial charge in [-0.1, -0.05) is 13.8 Å². The lowest BCUT2D eigenvalue weighted by atomic mass is 9.95. The van der Waals surface area contributed by atoms with Crippen LogP contribution in [0.3, 0.4) is 0 Å². The molecule has 2 N–H and O–H groups in total. The van der Waals surface area contributed by atoms with Gasteiger partial charge in [0.2, 0.25) is 5.88 Å². The number of rotatable bonds is 4. The highest BCUT2D eigenvalue weighted by atomic mass is 19.1. The quantitative estimate of drug-likeness (QED) is 0.857. The van der Waals surface area contributed by atoms with E-state index in [0.29, 0.717) is 23.7 Å². The highest BCUT2D eigenvalue weighted by molar-refractivity contribution is 5.79. The molecule has 0 spiro atoms. The van der Waals surface area contributed by atoms with Crippen LogP contribution >= 0.6 is 0 Å². The van der Waals surface area contributed by atoms with Crippen LogP contribution in [0, 0.1) is 5.82 Å². The van der Waals surface area contributed by atoms with Gasteiger partial charge < -0.3 is 10.5 Å². The average Bonchev–Trinajstić information content (AvgIpc) is 2.41. The first-order chi connectivity index (χ1) is 9.52. The van der Waals surface area contributed by atoms with E-state index in [-0.39, 0.29) is 11.7 Å². The van der Waals surface area contributed by atoms with Crippen molar-refractivity contribution in [3.8, 4) is 17.0 Å². The molecule has 0 unspecified atom stereocenters. The van der Waals surface area contributed by atoms with Gasteiger partial charge in [-0.15, -0.1) is 0 Å². The summed E-state index contributed by atoms with van der Waals surface area (Å²) < 4.78 is 19.2. The van der Waals surface area contributed by atoms with E-state index in [0.717, 1.165) is 11.1 Å². The van der Waals surface area contributed by atoms with Crippen molar-refractivity contribution in [3.05, 3.63) is 41.8 Å². The van der Waals surface area contributed by atoms with Crippen molar-refractivity contribution in [3.63, 3.8) is 0 Å². The average molecular weight is 274 g/mol. The predicted molar refractivity (Wildman–Crippen MR) is 79.3 cm³/mol. The molecular formula is C16H19FN2O. The van der Waals surface area contributed by atoms with E-state index in [9.17, 15) is 4.39 Å². The van der Waals surface area contributed by atoms with E-state index in [2.05, 4.69) is 4.98 Å². The van der Waals surface area contributed by atoms with E-state index < -0.39 is 0 Å². The third kappa shape index (κ3) is 2.90. The molecule has 0 saturated carbocycles. The maximum Gasteiger partial charge on any atom is 0.213 e. The summed E-state index contributed by atoms with van der Waals surface area (Å²) in [6, 6.07) is 6.52. The normalized spacial score (nSPS) is 10.8. The number of nitrogens with two attached hydrogens (primary N) is 1. The van der Waals surface area contributed by atoms with E-state index in [1.165, 1.54) is 12.1 Å². The Balaban J connectivity index is 2.54. The highest BCUT2D eigenvalue weighted by Gasteiger charge is 2.13. The Kier molecular flexibility index (Phi) is 4.23. The van der Waals surface area contributed by atoms with Gasteiger partial charge in [0.15, 0.2) is 0 Å². The molecule has 0 aliphatic rings. The monoisotopic (exact) mass is 274 g/mol. The van der Waals surface area contributed by atoms with Gasteiger partial charge in [-0.25, -0.2) is 9.37 Å². The van der Waals surface area contributed by atoms with Crippen LogP contribution in [0.1, 0.15) is 32.3 Å². The molecule has 20 heavy (non-hydrogen) atoms. The van der Waals surface area contributed by atoms with Crippen molar-refractivity contribution in [2.45, 2.75) is 26.7 Å². The topological polar surface area (TPSA) is 48.1 Å². The summed E-state index contributed by atoms with van der Waals surface area (Å²) in [6.45, 7) is 6.41. The zero-order valence-electron chi connectivity index (χ0n) is 12.0. The SMILES string of the molecule is CCOc1cc(-c2cc(F)cc(C(C)C)c2N)ccn1. The van der Waals surface area contributed by atoms with Crippen molar-refractivity contribution in [2.24, 2.45) is 0 Å². The molecule has 106 valence electrons. The number of anilines is 1. The zero-order chi connectivity index (χ0) is 14.7. The van der Waals surface area contributed by atoms with Gasteiger partial charge in [0.25, 0.3) is 0 Å². The molecule has 0 aliphatic heterocycles. The number of ether oxygens (including phenoxy) is 1. The Bertz CT molecular complexity index is 611. The first-order valence-electron chi connectivity index (χ1n) is 6.71. The minimum atomic E-state index is -0.285. The first-order valence-corrected chi connectivity index (χ1v) is 6.71. The second-order valence-corrected chi connectivity index (χ2v) is 4.93. The van der Waals surface area contributed by atoms with Crippen molar-refractivity contribution < 1.29 is 9.13 Å². The van der Waals surface area contributed by atoms with Crippen LogP contribution in [0.2, 0.25) is 0 Å². The molecule has 0 fully saturated rings. The number of hydrogen-bond acceptors (Lipinski definition) is 3. The van der Waals surface area contributed by atoms with E-state index in [1.807, 2.05) is 20.8 Å². The number of nitrogen functional groups attached to an aromatic ring is 1. The molecule has 0 amide bonds. The Morgan fingerprint density at radius 3 is 2.70 bits per heavy atom. The molecule has 2 rings (SSSR count). The third-order valence-electron chi connectivity index (χ3n) is 3.14.